The summed E-state index contributed by atoms with van der Waals surface area (Å²) in [5, 5.41) is 7.79. The number of aromatic nitrogens is 3. The standard InChI is InChI=1S/C26H28N4O2/c1-5-19-9-8-10-20(15-19)28-26(31)14-13-21-17(2)27-25-16-23(29-30(25)18(21)3)22-11-6-7-12-24(22)32-4/h6-12,15-16H,5,13-14H2,1-4H3,(H,28,31). The third-order valence-corrected chi connectivity index (χ3v) is 5.77. The average molecular weight is 429 g/mol. The van der Waals surface area contributed by atoms with Crippen LogP contribution in [0, 0.1) is 13.8 Å². The summed E-state index contributed by atoms with van der Waals surface area (Å²) in [5.41, 5.74) is 7.52. The number of ether oxygens (including phenoxy) is 1. The van der Waals surface area contributed by atoms with Gasteiger partial charge >= 0.3 is 0 Å². The smallest absolute Gasteiger partial charge is 0.224 e. The van der Waals surface area contributed by atoms with Gasteiger partial charge in [-0.05, 0) is 62.1 Å². The summed E-state index contributed by atoms with van der Waals surface area (Å²) < 4.78 is 7.34. The molecule has 0 radical (unpaired) electrons. The fraction of sp³-hybridized carbons (Fsp3) is 0.269. The molecule has 0 saturated carbocycles. The van der Waals surface area contributed by atoms with Crippen LogP contribution in [0.2, 0.25) is 0 Å². The molecule has 2 aromatic carbocycles. The second-order valence-electron chi connectivity index (χ2n) is 7.86. The maximum absolute atomic E-state index is 12.6. The van der Waals surface area contributed by atoms with Crippen molar-refractivity contribution < 1.29 is 9.53 Å². The molecule has 0 aliphatic heterocycles. The highest BCUT2D eigenvalue weighted by atomic mass is 16.5. The van der Waals surface area contributed by atoms with Gasteiger partial charge in [0.15, 0.2) is 5.65 Å². The van der Waals surface area contributed by atoms with E-state index >= 15 is 0 Å². The van der Waals surface area contributed by atoms with Crippen LogP contribution < -0.4 is 10.1 Å². The molecule has 1 amide bonds. The quantitative estimate of drug-likeness (QED) is 0.442. The summed E-state index contributed by atoms with van der Waals surface area (Å²) in [5.74, 6) is 0.765. The fourth-order valence-electron chi connectivity index (χ4n) is 4.01. The molecule has 0 fully saturated rings. The van der Waals surface area contributed by atoms with Crippen molar-refractivity contribution in [2.45, 2.75) is 40.0 Å². The van der Waals surface area contributed by atoms with Crippen LogP contribution in [0.25, 0.3) is 16.9 Å². The molecule has 6 heteroatoms. The first-order valence-electron chi connectivity index (χ1n) is 10.9. The number of carbonyl (C=O) groups is 1. The molecule has 2 aromatic heterocycles. The van der Waals surface area contributed by atoms with Crippen molar-refractivity contribution in [2.24, 2.45) is 0 Å². The van der Waals surface area contributed by atoms with Crippen molar-refractivity contribution in [1.82, 2.24) is 14.6 Å². The number of para-hydroxylation sites is 1. The summed E-state index contributed by atoms with van der Waals surface area (Å²) in [6.07, 6.45) is 1.92. The van der Waals surface area contributed by atoms with E-state index in [4.69, 9.17) is 14.8 Å². The highest BCUT2D eigenvalue weighted by Crippen LogP contribution is 2.30. The Kier molecular flexibility index (Phi) is 6.21. The third-order valence-electron chi connectivity index (χ3n) is 5.77. The summed E-state index contributed by atoms with van der Waals surface area (Å²) in [4.78, 5) is 17.3. The number of anilines is 1. The van der Waals surface area contributed by atoms with Gasteiger partial charge in [0, 0.05) is 35.1 Å². The molecular formula is C26H28N4O2. The van der Waals surface area contributed by atoms with Crippen LogP contribution in [-0.4, -0.2) is 27.6 Å². The van der Waals surface area contributed by atoms with Gasteiger partial charge in [-0.15, -0.1) is 0 Å². The molecule has 0 saturated heterocycles. The molecular weight excluding hydrogens is 400 g/mol. The minimum atomic E-state index is -0.00711. The Morgan fingerprint density at radius 2 is 1.91 bits per heavy atom. The van der Waals surface area contributed by atoms with Crippen molar-refractivity contribution in [3.8, 4) is 17.0 Å². The van der Waals surface area contributed by atoms with Crippen molar-refractivity contribution in [1.29, 1.82) is 0 Å². The number of nitrogens with one attached hydrogen (secondary N) is 1. The lowest BCUT2D eigenvalue weighted by Crippen LogP contribution is -2.14. The van der Waals surface area contributed by atoms with Crippen molar-refractivity contribution in [2.75, 3.05) is 12.4 Å². The zero-order chi connectivity index (χ0) is 22.7. The Labute approximate surface area is 188 Å². The van der Waals surface area contributed by atoms with Gasteiger partial charge in [0.2, 0.25) is 5.91 Å². The summed E-state index contributed by atoms with van der Waals surface area (Å²) >= 11 is 0. The average Bonchev–Trinajstić information content (AvgIpc) is 3.23. The molecule has 164 valence electrons. The molecule has 0 spiro atoms. The summed E-state index contributed by atoms with van der Waals surface area (Å²) in [7, 11) is 1.66. The lowest BCUT2D eigenvalue weighted by Gasteiger charge is -2.11. The first kappa shape index (κ1) is 21.6. The Bertz CT molecular complexity index is 1280. The topological polar surface area (TPSA) is 68.5 Å². The lowest BCUT2D eigenvalue weighted by atomic mass is 10.1. The minimum Gasteiger partial charge on any atom is -0.496 e. The van der Waals surface area contributed by atoms with E-state index < -0.39 is 0 Å². The zero-order valence-corrected chi connectivity index (χ0v) is 19.0. The Hall–Kier alpha value is -3.67. The number of nitrogens with zero attached hydrogens (tertiary/aromatic N) is 3. The fourth-order valence-corrected chi connectivity index (χ4v) is 4.01. The number of hydrogen-bond donors (Lipinski definition) is 1. The van der Waals surface area contributed by atoms with Crippen LogP contribution in [-0.2, 0) is 17.6 Å². The molecule has 0 atom stereocenters. The normalized spacial score (nSPS) is 11.0. The first-order valence-corrected chi connectivity index (χ1v) is 10.9. The van der Waals surface area contributed by atoms with E-state index in [1.54, 1.807) is 7.11 Å². The Morgan fingerprint density at radius 3 is 2.69 bits per heavy atom. The summed E-state index contributed by atoms with van der Waals surface area (Å²) in [6.45, 7) is 6.11. The molecule has 0 bridgehead atoms. The van der Waals surface area contributed by atoms with Crippen LogP contribution >= 0.6 is 0 Å². The van der Waals surface area contributed by atoms with Crippen molar-refractivity contribution >= 4 is 17.2 Å². The van der Waals surface area contributed by atoms with Gasteiger partial charge in [-0.25, -0.2) is 9.50 Å². The number of aryl methyl sites for hydroxylation is 3. The van der Waals surface area contributed by atoms with Crippen LogP contribution in [0.1, 0.15) is 35.9 Å². The van der Waals surface area contributed by atoms with Crippen LogP contribution in [0.4, 0.5) is 5.69 Å². The van der Waals surface area contributed by atoms with E-state index in [0.717, 1.165) is 51.7 Å². The number of benzene rings is 2. The first-order chi connectivity index (χ1) is 15.5. The molecule has 4 aromatic rings. The molecule has 32 heavy (non-hydrogen) atoms. The highest BCUT2D eigenvalue weighted by molar-refractivity contribution is 5.91. The predicted molar refractivity (Wildman–Crippen MR) is 127 cm³/mol. The molecule has 2 heterocycles. The van der Waals surface area contributed by atoms with E-state index in [1.165, 1.54) is 5.56 Å². The van der Waals surface area contributed by atoms with E-state index in [9.17, 15) is 4.79 Å². The van der Waals surface area contributed by atoms with Gasteiger partial charge in [-0.3, -0.25) is 4.79 Å². The van der Waals surface area contributed by atoms with Crippen molar-refractivity contribution in [3.05, 3.63) is 77.1 Å². The second-order valence-corrected chi connectivity index (χ2v) is 7.86. The van der Waals surface area contributed by atoms with Crippen LogP contribution in [0.15, 0.2) is 54.6 Å². The monoisotopic (exact) mass is 428 g/mol. The lowest BCUT2D eigenvalue weighted by molar-refractivity contribution is -0.116. The molecule has 1 N–H and O–H groups in total. The summed E-state index contributed by atoms with van der Waals surface area (Å²) in [6, 6.07) is 17.8. The van der Waals surface area contributed by atoms with Gasteiger partial charge in [0.1, 0.15) is 5.75 Å². The van der Waals surface area contributed by atoms with Gasteiger partial charge in [0.25, 0.3) is 0 Å². The van der Waals surface area contributed by atoms with Gasteiger partial charge in [0.05, 0.1) is 12.8 Å². The maximum atomic E-state index is 12.6. The van der Waals surface area contributed by atoms with Gasteiger partial charge in [-0.2, -0.15) is 5.10 Å². The number of rotatable bonds is 7. The number of fused-ring (bicyclic) bond motifs is 1. The van der Waals surface area contributed by atoms with Crippen molar-refractivity contribution in [3.63, 3.8) is 0 Å². The zero-order valence-electron chi connectivity index (χ0n) is 19.0. The number of methoxy groups -OCH3 is 1. The second kappa shape index (κ2) is 9.22. The number of amides is 1. The van der Waals surface area contributed by atoms with Gasteiger partial charge < -0.3 is 10.1 Å². The van der Waals surface area contributed by atoms with E-state index in [2.05, 4.69) is 18.3 Å². The maximum Gasteiger partial charge on any atom is 0.224 e. The Balaban J connectivity index is 1.56. The Morgan fingerprint density at radius 1 is 1.09 bits per heavy atom. The molecule has 4 rings (SSSR count). The number of carbonyl (C=O) groups excluding carboxylic acids is 1. The molecule has 0 unspecified atom stereocenters. The van der Waals surface area contributed by atoms with E-state index in [1.807, 2.05) is 66.9 Å². The molecule has 6 nitrogen and oxygen atoms in total. The molecule has 0 aliphatic carbocycles. The SMILES string of the molecule is CCc1cccc(NC(=O)CCc2c(C)nc3cc(-c4ccccc4OC)nn3c2C)c1. The third kappa shape index (κ3) is 4.35. The predicted octanol–water partition coefficient (Wildman–Crippen LogP) is 5.16. The number of hydrogen-bond acceptors (Lipinski definition) is 4. The van der Waals surface area contributed by atoms with Gasteiger partial charge in [-0.1, -0.05) is 31.2 Å². The molecule has 0 aliphatic rings. The highest BCUT2D eigenvalue weighted by Gasteiger charge is 2.16. The van der Waals surface area contributed by atoms with Crippen LogP contribution in [0.3, 0.4) is 0 Å². The van der Waals surface area contributed by atoms with E-state index in [-0.39, 0.29) is 5.91 Å². The minimum absolute atomic E-state index is 0.00711. The largest absolute Gasteiger partial charge is 0.496 e. The van der Waals surface area contributed by atoms with E-state index in [0.29, 0.717) is 12.8 Å². The van der Waals surface area contributed by atoms with Crippen LogP contribution in [0.5, 0.6) is 5.75 Å².